The van der Waals surface area contributed by atoms with Crippen LogP contribution in [0.15, 0.2) is 60.7 Å². The number of likely N-dealkylation sites (N-methyl/N-ethyl adjacent to an activating group) is 1. The second-order valence-corrected chi connectivity index (χ2v) is 10.6. The number of hydrogen-bond acceptors (Lipinski definition) is 4. The lowest BCUT2D eigenvalue weighted by Gasteiger charge is -2.33. The van der Waals surface area contributed by atoms with Gasteiger partial charge in [0.05, 0.1) is 11.5 Å². The van der Waals surface area contributed by atoms with Gasteiger partial charge in [-0.2, -0.15) is 5.26 Å². The molecule has 3 amide bonds. The molecule has 1 spiro atoms. The van der Waals surface area contributed by atoms with Crippen molar-refractivity contribution in [2.45, 2.75) is 44.2 Å². The lowest BCUT2D eigenvalue weighted by atomic mass is 9.80. The van der Waals surface area contributed by atoms with E-state index in [1.54, 1.807) is 31.3 Å². The monoisotopic (exact) mass is 512 g/mol. The van der Waals surface area contributed by atoms with Gasteiger partial charge in [-0.3, -0.25) is 14.4 Å². The number of fused-ring (bicyclic) bond motifs is 3. The summed E-state index contributed by atoms with van der Waals surface area (Å²) in [4.78, 5) is 43.8. The van der Waals surface area contributed by atoms with E-state index in [0.717, 1.165) is 5.56 Å². The van der Waals surface area contributed by atoms with E-state index < -0.39 is 29.2 Å². The number of likely N-dealkylation sites (tertiary alicyclic amines) is 1. The number of nitriles is 1. The van der Waals surface area contributed by atoms with Crippen LogP contribution in [-0.4, -0.2) is 53.2 Å². The second-order valence-electron chi connectivity index (χ2n) is 10.6. The average Bonchev–Trinajstić information content (AvgIpc) is 3.44. The first-order valence-electron chi connectivity index (χ1n) is 12.7. The highest BCUT2D eigenvalue weighted by molar-refractivity contribution is 6.09. The number of amides is 3. The Labute approximate surface area is 220 Å². The van der Waals surface area contributed by atoms with Crippen LogP contribution in [0.1, 0.15) is 42.6 Å². The summed E-state index contributed by atoms with van der Waals surface area (Å²) in [5.41, 5.74) is 0.760. The lowest BCUT2D eigenvalue weighted by molar-refractivity contribution is -0.136. The van der Waals surface area contributed by atoms with Gasteiger partial charge in [0.15, 0.2) is 0 Å². The molecule has 8 heteroatoms. The molecular formula is C30H29FN4O3. The Kier molecular flexibility index (Phi) is 6.39. The van der Waals surface area contributed by atoms with Gasteiger partial charge in [-0.05, 0) is 41.5 Å². The van der Waals surface area contributed by atoms with Crippen LogP contribution >= 0.6 is 0 Å². The maximum Gasteiger partial charge on any atom is 0.254 e. The molecule has 2 aliphatic heterocycles. The number of halogens is 1. The van der Waals surface area contributed by atoms with E-state index in [2.05, 4.69) is 11.4 Å². The standard InChI is InChI=1S/C30H29FN4O3/c1-18(2)14-26(34(3)27(36)22-12-13-24(31)21-9-5-4-8-20(21)22)28(37)35-17-30(15-19(35)16-32)23-10-6-7-11-25(23)33-29(30)38/h4-13,18-19,26H,14-15,17H2,1-3H3,(H,33,38)/t19-,26-,30-/m0/s1. The minimum atomic E-state index is -1.01. The van der Waals surface area contributed by atoms with Crippen molar-refractivity contribution < 1.29 is 18.8 Å². The quantitative estimate of drug-likeness (QED) is 0.546. The number of benzene rings is 3. The summed E-state index contributed by atoms with van der Waals surface area (Å²) in [6, 6.07) is 17.3. The van der Waals surface area contributed by atoms with Gasteiger partial charge in [0.25, 0.3) is 5.91 Å². The van der Waals surface area contributed by atoms with Crippen molar-refractivity contribution in [1.29, 1.82) is 5.26 Å². The van der Waals surface area contributed by atoms with Crippen LogP contribution in [-0.2, 0) is 15.0 Å². The summed E-state index contributed by atoms with van der Waals surface area (Å²) >= 11 is 0. The number of carbonyl (C=O) groups excluding carboxylic acids is 3. The van der Waals surface area contributed by atoms with Crippen molar-refractivity contribution in [1.82, 2.24) is 9.80 Å². The molecule has 0 aromatic heterocycles. The zero-order chi connectivity index (χ0) is 27.2. The summed E-state index contributed by atoms with van der Waals surface area (Å²) in [7, 11) is 1.57. The second kappa shape index (κ2) is 9.56. The molecule has 2 heterocycles. The van der Waals surface area contributed by atoms with Crippen molar-refractivity contribution in [2.24, 2.45) is 5.92 Å². The summed E-state index contributed by atoms with van der Waals surface area (Å²) in [6.45, 7) is 3.97. The fourth-order valence-corrected chi connectivity index (χ4v) is 5.83. The maximum atomic E-state index is 14.4. The van der Waals surface area contributed by atoms with Crippen molar-refractivity contribution in [3.05, 3.63) is 77.6 Å². The third-order valence-electron chi connectivity index (χ3n) is 7.78. The Morgan fingerprint density at radius 3 is 2.53 bits per heavy atom. The fraction of sp³-hybridized carbons (Fsp3) is 0.333. The van der Waals surface area contributed by atoms with Crippen LogP contribution < -0.4 is 5.32 Å². The molecule has 1 N–H and O–H groups in total. The van der Waals surface area contributed by atoms with Gasteiger partial charge in [-0.1, -0.05) is 56.3 Å². The summed E-state index contributed by atoms with van der Waals surface area (Å²) in [6.07, 6.45) is 0.553. The van der Waals surface area contributed by atoms with Crippen molar-refractivity contribution in [3.8, 4) is 6.07 Å². The van der Waals surface area contributed by atoms with Gasteiger partial charge in [-0.25, -0.2) is 4.39 Å². The molecule has 0 unspecified atom stereocenters. The van der Waals surface area contributed by atoms with Crippen molar-refractivity contribution in [2.75, 3.05) is 18.9 Å². The first kappa shape index (κ1) is 25.4. The molecule has 1 fully saturated rings. The van der Waals surface area contributed by atoms with Crippen molar-refractivity contribution in [3.63, 3.8) is 0 Å². The van der Waals surface area contributed by atoms with E-state index >= 15 is 0 Å². The third-order valence-corrected chi connectivity index (χ3v) is 7.78. The largest absolute Gasteiger partial charge is 0.330 e. The summed E-state index contributed by atoms with van der Waals surface area (Å²) in [5.74, 6) is -1.37. The van der Waals surface area contributed by atoms with E-state index in [1.165, 1.54) is 21.9 Å². The van der Waals surface area contributed by atoms with E-state index in [9.17, 15) is 24.0 Å². The Hall–Kier alpha value is -4.25. The highest BCUT2D eigenvalue weighted by Gasteiger charge is 2.56. The highest BCUT2D eigenvalue weighted by atomic mass is 19.1. The van der Waals surface area contributed by atoms with Crippen LogP contribution in [0.5, 0.6) is 0 Å². The molecular weight excluding hydrogens is 483 g/mol. The number of rotatable bonds is 5. The predicted octanol–water partition coefficient (Wildman–Crippen LogP) is 4.48. The van der Waals surface area contributed by atoms with Crippen LogP contribution in [0.25, 0.3) is 10.8 Å². The first-order chi connectivity index (χ1) is 18.2. The average molecular weight is 513 g/mol. The number of nitrogens with one attached hydrogen (secondary N) is 1. The van der Waals surface area contributed by atoms with Crippen LogP contribution in [0.4, 0.5) is 10.1 Å². The van der Waals surface area contributed by atoms with Crippen LogP contribution in [0.3, 0.4) is 0 Å². The molecule has 0 saturated carbocycles. The van der Waals surface area contributed by atoms with Crippen LogP contribution in [0, 0.1) is 23.1 Å². The van der Waals surface area contributed by atoms with Gasteiger partial charge in [0, 0.05) is 36.7 Å². The normalized spacial score (nSPS) is 20.9. The molecule has 0 aliphatic carbocycles. The fourth-order valence-electron chi connectivity index (χ4n) is 5.83. The van der Waals surface area contributed by atoms with Gasteiger partial charge >= 0.3 is 0 Å². The molecule has 3 atom stereocenters. The maximum absolute atomic E-state index is 14.4. The lowest BCUT2D eigenvalue weighted by Crippen LogP contribution is -2.52. The van der Waals surface area contributed by atoms with Gasteiger partial charge < -0.3 is 15.1 Å². The topological polar surface area (TPSA) is 93.5 Å². The van der Waals surface area contributed by atoms with Gasteiger partial charge in [0.1, 0.15) is 17.9 Å². The molecule has 194 valence electrons. The molecule has 38 heavy (non-hydrogen) atoms. The minimum Gasteiger partial charge on any atom is -0.330 e. The van der Waals surface area contributed by atoms with Gasteiger partial charge in [0.2, 0.25) is 11.8 Å². The summed E-state index contributed by atoms with van der Waals surface area (Å²) < 4.78 is 14.4. The summed E-state index contributed by atoms with van der Waals surface area (Å²) in [5, 5.41) is 13.7. The minimum absolute atomic E-state index is 0.0585. The number of para-hydroxylation sites is 1. The van der Waals surface area contributed by atoms with E-state index in [4.69, 9.17) is 0 Å². The Morgan fingerprint density at radius 2 is 1.82 bits per heavy atom. The molecule has 0 radical (unpaired) electrons. The van der Waals surface area contributed by atoms with Crippen LogP contribution in [0.2, 0.25) is 0 Å². The number of nitrogens with zero attached hydrogens (tertiary/aromatic N) is 3. The molecule has 3 aromatic rings. The molecule has 3 aromatic carbocycles. The Balaban J connectivity index is 1.49. The molecule has 0 bridgehead atoms. The zero-order valence-corrected chi connectivity index (χ0v) is 21.6. The molecule has 1 saturated heterocycles. The number of hydrogen-bond donors (Lipinski definition) is 1. The number of carbonyl (C=O) groups is 3. The third kappa shape index (κ3) is 3.99. The molecule has 7 nitrogen and oxygen atoms in total. The SMILES string of the molecule is CC(C)C[C@@H](C(=O)N1C[C@]2(C[C@H]1C#N)C(=O)Nc1ccccc12)N(C)C(=O)c1ccc(F)c2ccccc12. The number of anilines is 1. The van der Waals surface area contributed by atoms with E-state index in [1.807, 2.05) is 38.1 Å². The smallest absolute Gasteiger partial charge is 0.254 e. The molecule has 5 rings (SSSR count). The highest BCUT2D eigenvalue weighted by Crippen LogP contribution is 2.46. The molecule has 2 aliphatic rings. The Morgan fingerprint density at radius 1 is 1.13 bits per heavy atom. The Bertz CT molecular complexity index is 1500. The van der Waals surface area contributed by atoms with Crippen molar-refractivity contribution >= 4 is 34.2 Å². The zero-order valence-electron chi connectivity index (χ0n) is 21.6. The predicted molar refractivity (Wildman–Crippen MR) is 142 cm³/mol. The van der Waals surface area contributed by atoms with Gasteiger partial charge in [-0.15, -0.1) is 0 Å². The first-order valence-corrected chi connectivity index (χ1v) is 12.7. The van der Waals surface area contributed by atoms with E-state index in [-0.39, 0.29) is 30.7 Å². The van der Waals surface area contributed by atoms with E-state index in [0.29, 0.717) is 28.4 Å².